The van der Waals surface area contributed by atoms with Gasteiger partial charge in [-0.2, -0.15) is 0 Å². The van der Waals surface area contributed by atoms with Gasteiger partial charge in [-0.05, 0) is 37.8 Å². The van der Waals surface area contributed by atoms with Gasteiger partial charge >= 0.3 is 0 Å². The average Bonchev–Trinajstić information content (AvgIpc) is 2.34. The van der Waals surface area contributed by atoms with Crippen LogP contribution in [0.1, 0.15) is 24.5 Å². The molecule has 102 valence electrons. The van der Waals surface area contributed by atoms with Crippen LogP contribution in [0.4, 0.5) is 0 Å². The largest absolute Gasteiger partial charge is 0.330 e. The minimum atomic E-state index is -2.88. The van der Waals surface area contributed by atoms with Gasteiger partial charge < -0.3 is 5.73 Å². The SMILES string of the molecule is CCS(=O)(=O)CCC(CN)Cc1cccc(C)c1. The molecule has 0 aliphatic carbocycles. The van der Waals surface area contributed by atoms with E-state index in [0.717, 1.165) is 6.42 Å². The quantitative estimate of drug-likeness (QED) is 0.823. The summed E-state index contributed by atoms with van der Waals surface area (Å²) in [5.41, 5.74) is 8.20. The van der Waals surface area contributed by atoms with Crippen LogP contribution in [0.2, 0.25) is 0 Å². The summed E-state index contributed by atoms with van der Waals surface area (Å²) in [7, 11) is -2.88. The van der Waals surface area contributed by atoms with Crippen LogP contribution in [0.3, 0.4) is 0 Å². The molecule has 1 rings (SSSR count). The molecule has 0 saturated carbocycles. The molecule has 1 unspecified atom stereocenters. The van der Waals surface area contributed by atoms with Gasteiger partial charge in [0.2, 0.25) is 0 Å². The number of benzene rings is 1. The molecule has 0 radical (unpaired) electrons. The summed E-state index contributed by atoms with van der Waals surface area (Å²) in [6.07, 6.45) is 1.51. The molecule has 0 spiro atoms. The van der Waals surface area contributed by atoms with Crippen molar-refractivity contribution in [2.45, 2.75) is 26.7 Å². The number of sulfone groups is 1. The normalized spacial score (nSPS) is 13.5. The Morgan fingerprint density at radius 3 is 2.61 bits per heavy atom. The van der Waals surface area contributed by atoms with E-state index >= 15 is 0 Å². The molecule has 0 aromatic heterocycles. The second-order valence-electron chi connectivity index (χ2n) is 4.82. The zero-order valence-electron chi connectivity index (χ0n) is 11.2. The molecule has 3 nitrogen and oxygen atoms in total. The molecule has 18 heavy (non-hydrogen) atoms. The van der Waals surface area contributed by atoms with Crippen LogP contribution in [-0.4, -0.2) is 26.5 Å². The fraction of sp³-hybridized carbons (Fsp3) is 0.571. The highest BCUT2D eigenvalue weighted by atomic mass is 32.2. The number of hydrogen-bond donors (Lipinski definition) is 1. The Kier molecular flexibility index (Phi) is 5.82. The predicted octanol–water partition coefficient (Wildman–Crippen LogP) is 1.94. The van der Waals surface area contributed by atoms with Crippen molar-refractivity contribution in [3.8, 4) is 0 Å². The van der Waals surface area contributed by atoms with E-state index in [0.29, 0.717) is 13.0 Å². The van der Waals surface area contributed by atoms with Gasteiger partial charge in [0, 0.05) is 5.75 Å². The Labute approximate surface area is 110 Å². The van der Waals surface area contributed by atoms with Crippen LogP contribution in [0.5, 0.6) is 0 Å². The Morgan fingerprint density at radius 1 is 1.33 bits per heavy atom. The van der Waals surface area contributed by atoms with Gasteiger partial charge in [-0.25, -0.2) is 8.42 Å². The van der Waals surface area contributed by atoms with Crippen molar-refractivity contribution >= 4 is 9.84 Å². The zero-order valence-corrected chi connectivity index (χ0v) is 12.0. The first-order valence-electron chi connectivity index (χ1n) is 6.43. The second-order valence-corrected chi connectivity index (χ2v) is 7.29. The molecule has 0 aliphatic heterocycles. The van der Waals surface area contributed by atoms with E-state index in [1.165, 1.54) is 11.1 Å². The fourth-order valence-corrected chi connectivity index (χ4v) is 2.95. The monoisotopic (exact) mass is 269 g/mol. The lowest BCUT2D eigenvalue weighted by Gasteiger charge is -2.15. The van der Waals surface area contributed by atoms with E-state index in [2.05, 4.69) is 25.1 Å². The summed E-state index contributed by atoms with van der Waals surface area (Å²) in [5, 5.41) is 0. The van der Waals surface area contributed by atoms with Crippen molar-refractivity contribution in [1.82, 2.24) is 0 Å². The van der Waals surface area contributed by atoms with Gasteiger partial charge in [0.15, 0.2) is 0 Å². The summed E-state index contributed by atoms with van der Waals surface area (Å²) in [5.74, 6) is 0.708. The first kappa shape index (κ1) is 15.2. The first-order chi connectivity index (χ1) is 8.46. The fourth-order valence-electron chi connectivity index (χ4n) is 1.97. The highest BCUT2D eigenvalue weighted by Crippen LogP contribution is 2.14. The maximum absolute atomic E-state index is 11.5. The van der Waals surface area contributed by atoms with E-state index < -0.39 is 9.84 Å². The smallest absolute Gasteiger partial charge is 0.150 e. The number of rotatable bonds is 7. The lowest BCUT2D eigenvalue weighted by atomic mass is 9.96. The molecular formula is C14H23NO2S. The van der Waals surface area contributed by atoms with E-state index in [1.54, 1.807) is 6.92 Å². The number of aryl methyl sites for hydroxylation is 1. The third-order valence-electron chi connectivity index (χ3n) is 3.22. The maximum Gasteiger partial charge on any atom is 0.150 e. The molecule has 0 heterocycles. The standard InChI is InChI=1S/C14H23NO2S/c1-3-18(16,17)8-7-14(11-15)10-13-6-4-5-12(2)9-13/h4-6,9,14H,3,7-8,10-11,15H2,1-2H3. The lowest BCUT2D eigenvalue weighted by molar-refractivity contribution is 0.511. The van der Waals surface area contributed by atoms with Gasteiger partial charge in [0.1, 0.15) is 9.84 Å². The molecule has 1 atom stereocenters. The molecule has 0 amide bonds. The van der Waals surface area contributed by atoms with Crippen molar-refractivity contribution in [1.29, 1.82) is 0 Å². The van der Waals surface area contributed by atoms with E-state index in [1.807, 2.05) is 6.07 Å². The van der Waals surface area contributed by atoms with E-state index in [-0.39, 0.29) is 17.4 Å². The summed E-state index contributed by atoms with van der Waals surface area (Å²) < 4.78 is 23.0. The summed E-state index contributed by atoms with van der Waals surface area (Å²) in [6.45, 7) is 4.28. The molecule has 0 aliphatic rings. The summed E-state index contributed by atoms with van der Waals surface area (Å²) in [4.78, 5) is 0. The highest BCUT2D eigenvalue weighted by Gasteiger charge is 2.13. The molecule has 4 heteroatoms. The predicted molar refractivity (Wildman–Crippen MR) is 76.4 cm³/mol. The molecule has 0 saturated heterocycles. The Balaban J connectivity index is 2.57. The Bertz CT molecular complexity index is 468. The van der Waals surface area contributed by atoms with Crippen molar-refractivity contribution in [2.75, 3.05) is 18.1 Å². The second kappa shape index (κ2) is 6.90. The first-order valence-corrected chi connectivity index (χ1v) is 8.25. The average molecular weight is 269 g/mol. The lowest BCUT2D eigenvalue weighted by Crippen LogP contribution is -2.21. The van der Waals surface area contributed by atoms with E-state index in [9.17, 15) is 8.42 Å². The van der Waals surface area contributed by atoms with E-state index in [4.69, 9.17) is 5.73 Å². The van der Waals surface area contributed by atoms with Gasteiger partial charge in [-0.3, -0.25) is 0 Å². The topological polar surface area (TPSA) is 60.2 Å². The van der Waals surface area contributed by atoms with Crippen LogP contribution in [0.15, 0.2) is 24.3 Å². The molecule has 0 bridgehead atoms. The highest BCUT2D eigenvalue weighted by molar-refractivity contribution is 7.91. The van der Waals surface area contributed by atoms with Gasteiger partial charge in [0.05, 0.1) is 5.75 Å². The van der Waals surface area contributed by atoms with Crippen molar-refractivity contribution in [3.63, 3.8) is 0 Å². The molecule has 1 aromatic carbocycles. The minimum Gasteiger partial charge on any atom is -0.330 e. The number of nitrogens with two attached hydrogens (primary N) is 1. The van der Waals surface area contributed by atoms with Gasteiger partial charge in [-0.1, -0.05) is 36.8 Å². The minimum absolute atomic E-state index is 0.217. The summed E-state index contributed by atoms with van der Waals surface area (Å²) >= 11 is 0. The van der Waals surface area contributed by atoms with Crippen molar-refractivity contribution in [2.24, 2.45) is 11.7 Å². The molecular weight excluding hydrogens is 246 g/mol. The van der Waals surface area contributed by atoms with Gasteiger partial charge in [-0.15, -0.1) is 0 Å². The number of hydrogen-bond acceptors (Lipinski definition) is 3. The molecule has 2 N–H and O–H groups in total. The Morgan fingerprint density at radius 2 is 2.06 bits per heavy atom. The van der Waals surface area contributed by atoms with Crippen LogP contribution in [0.25, 0.3) is 0 Å². The third-order valence-corrected chi connectivity index (χ3v) is 4.95. The maximum atomic E-state index is 11.5. The molecule has 0 fully saturated rings. The van der Waals surface area contributed by atoms with Crippen LogP contribution in [-0.2, 0) is 16.3 Å². The Hall–Kier alpha value is -0.870. The summed E-state index contributed by atoms with van der Waals surface area (Å²) in [6, 6.07) is 8.30. The van der Waals surface area contributed by atoms with Crippen LogP contribution >= 0.6 is 0 Å². The zero-order chi connectivity index (χ0) is 13.6. The van der Waals surface area contributed by atoms with Gasteiger partial charge in [0.25, 0.3) is 0 Å². The van der Waals surface area contributed by atoms with Crippen LogP contribution < -0.4 is 5.73 Å². The molecule has 1 aromatic rings. The van der Waals surface area contributed by atoms with Crippen LogP contribution in [0, 0.1) is 12.8 Å². The van der Waals surface area contributed by atoms with Crippen molar-refractivity contribution < 1.29 is 8.42 Å². The third kappa shape index (κ3) is 5.19. The van der Waals surface area contributed by atoms with Crippen molar-refractivity contribution in [3.05, 3.63) is 35.4 Å².